The summed E-state index contributed by atoms with van der Waals surface area (Å²) in [5.41, 5.74) is 0. The molecular formula is C20H22O8S. The molecule has 29 heavy (non-hydrogen) atoms. The van der Waals surface area contributed by atoms with Crippen LogP contribution in [-0.2, 0) is 19.4 Å². The third-order valence-electron chi connectivity index (χ3n) is 4.13. The molecule has 0 saturated carbocycles. The molecular weight excluding hydrogens is 400 g/mol. The number of para-hydroxylation sites is 2. The van der Waals surface area contributed by atoms with Crippen LogP contribution in [0.25, 0.3) is 0 Å². The zero-order valence-electron chi connectivity index (χ0n) is 15.5. The zero-order chi connectivity index (χ0) is 21.3. The average molecular weight is 422 g/mol. The van der Waals surface area contributed by atoms with Crippen LogP contribution in [0.15, 0.2) is 60.7 Å². The minimum Gasteiger partial charge on any atom is -0.494 e. The summed E-state index contributed by atoms with van der Waals surface area (Å²) in [6, 6.07) is 17.0. The van der Waals surface area contributed by atoms with Gasteiger partial charge in [-0.1, -0.05) is 36.4 Å². The Kier molecular flexibility index (Phi) is 8.02. The number of carboxylic acids is 2. The lowest BCUT2D eigenvalue weighted by atomic mass is 10.3. The smallest absolute Gasteiger partial charge is 0.322 e. The molecule has 9 heteroatoms. The molecule has 0 spiro atoms. The number of hydrogen-bond donors (Lipinski definition) is 2. The molecule has 2 unspecified atom stereocenters. The lowest BCUT2D eigenvalue weighted by molar-refractivity contribution is -0.136. The number of carboxylic acid groups (broad SMARTS) is 2. The van der Waals surface area contributed by atoms with Crippen LogP contribution in [0.3, 0.4) is 0 Å². The van der Waals surface area contributed by atoms with Crippen LogP contribution < -0.4 is 9.47 Å². The lowest BCUT2D eigenvalue weighted by Crippen LogP contribution is -2.43. The Labute approximate surface area is 168 Å². The minimum absolute atomic E-state index is 0.187. The highest BCUT2D eigenvalue weighted by Crippen LogP contribution is 2.19. The second kappa shape index (κ2) is 10.5. The summed E-state index contributed by atoms with van der Waals surface area (Å²) in [7, 11) is -4.53. The molecule has 0 radical (unpaired) electrons. The Morgan fingerprint density at radius 3 is 1.38 bits per heavy atom. The van der Waals surface area contributed by atoms with Gasteiger partial charge in [0.05, 0.1) is 13.2 Å². The Morgan fingerprint density at radius 2 is 1.07 bits per heavy atom. The molecule has 0 aromatic heterocycles. The fourth-order valence-corrected chi connectivity index (χ4v) is 4.46. The van der Waals surface area contributed by atoms with Gasteiger partial charge in [0.15, 0.2) is 20.3 Å². The highest BCUT2D eigenvalue weighted by molar-refractivity contribution is 7.94. The molecule has 0 heterocycles. The van der Waals surface area contributed by atoms with Crippen LogP contribution in [0, 0.1) is 0 Å². The van der Waals surface area contributed by atoms with E-state index in [1.165, 1.54) is 0 Å². The molecule has 2 N–H and O–H groups in total. The fraction of sp³-hybridized carbons (Fsp3) is 0.300. The second-order valence-electron chi connectivity index (χ2n) is 6.14. The fourth-order valence-electron chi connectivity index (χ4n) is 2.66. The van der Waals surface area contributed by atoms with Crippen LogP contribution in [0.4, 0.5) is 0 Å². The third-order valence-corrected chi connectivity index (χ3v) is 6.59. The van der Waals surface area contributed by atoms with E-state index in [0.29, 0.717) is 11.5 Å². The van der Waals surface area contributed by atoms with Crippen LogP contribution in [0.1, 0.15) is 12.8 Å². The van der Waals surface area contributed by atoms with E-state index in [1.807, 2.05) is 0 Å². The molecule has 0 bridgehead atoms. The van der Waals surface area contributed by atoms with Gasteiger partial charge in [0, 0.05) is 12.8 Å². The van der Waals surface area contributed by atoms with Crippen molar-refractivity contribution < 1.29 is 37.7 Å². The van der Waals surface area contributed by atoms with Crippen LogP contribution in [-0.4, -0.2) is 54.3 Å². The number of carbonyl (C=O) groups is 2. The van der Waals surface area contributed by atoms with E-state index < -0.39 is 32.3 Å². The van der Waals surface area contributed by atoms with Crippen LogP contribution in [0.5, 0.6) is 11.5 Å². The molecule has 2 rings (SSSR count). The summed E-state index contributed by atoms with van der Waals surface area (Å²) in [6.45, 7) is -0.375. The number of aliphatic carboxylic acids is 2. The van der Waals surface area contributed by atoms with Gasteiger partial charge < -0.3 is 19.7 Å². The number of rotatable bonds is 12. The monoisotopic (exact) mass is 422 g/mol. The quantitative estimate of drug-likeness (QED) is 0.533. The van der Waals surface area contributed by atoms with Crippen molar-refractivity contribution in [3.63, 3.8) is 0 Å². The highest BCUT2D eigenvalue weighted by atomic mass is 32.2. The molecule has 156 valence electrons. The summed E-state index contributed by atoms with van der Waals surface area (Å²) in [5, 5.41) is 15.0. The minimum atomic E-state index is -4.53. The van der Waals surface area contributed by atoms with E-state index in [9.17, 15) is 28.2 Å². The van der Waals surface area contributed by atoms with Crippen molar-refractivity contribution in [2.24, 2.45) is 0 Å². The van der Waals surface area contributed by atoms with E-state index in [2.05, 4.69) is 0 Å². The maximum absolute atomic E-state index is 12.7. The molecule has 0 saturated heterocycles. The Bertz CT molecular complexity index is 827. The molecule has 2 atom stereocenters. The van der Waals surface area contributed by atoms with Gasteiger partial charge in [0.2, 0.25) is 0 Å². The molecule has 8 nitrogen and oxygen atoms in total. The number of ether oxygens (including phenoxy) is 2. The van der Waals surface area contributed by atoms with Crippen molar-refractivity contribution in [3.8, 4) is 11.5 Å². The largest absolute Gasteiger partial charge is 0.494 e. The molecule has 2 aromatic carbocycles. The first-order valence-electron chi connectivity index (χ1n) is 8.86. The predicted octanol–water partition coefficient (Wildman–Crippen LogP) is 2.25. The summed E-state index contributed by atoms with van der Waals surface area (Å²) in [5.74, 6) is -2.31. The Balaban J connectivity index is 2.03. The van der Waals surface area contributed by atoms with E-state index in [-0.39, 0.29) is 26.1 Å². The molecule has 2 aromatic rings. The van der Waals surface area contributed by atoms with Crippen LogP contribution >= 0.6 is 0 Å². The Morgan fingerprint density at radius 1 is 0.724 bits per heavy atom. The molecule has 0 aliphatic carbocycles. The maximum atomic E-state index is 12.7. The third kappa shape index (κ3) is 6.49. The van der Waals surface area contributed by atoms with E-state index in [4.69, 9.17) is 9.47 Å². The molecule has 0 fully saturated rings. The summed E-state index contributed by atoms with van der Waals surface area (Å²) in [4.78, 5) is 23.1. The van der Waals surface area contributed by atoms with Crippen molar-refractivity contribution in [1.82, 2.24) is 0 Å². The van der Waals surface area contributed by atoms with Gasteiger partial charge in [-0.15, -0.1) is 0 Å². The summed E-state index contributed by atoms with van der Waals surface area (Å²) in [6.07, 6.45) is -0.758. The first-order valence-corrected chi connectivity index (χ1v) is 10.5. The van der Waals surface area contributed by atoms with Crippen molar-refractivity contribution in [3.05, 3.63) is 60.7 Å². The Hall–Kier alpha value is -3.07. The first kappa shape index (κ1) is 22.2. The van der Waals surface area contributed by atoms with Gasteiger partial charge >= 0.3 is 11.9 Å². The van der Waals surface area contributed by atoms with Gasteiger partial charge in [-0.25, -0.2) is 8.42 Å². The highest BCUT2D eigenvalue weighted by Gasteiger charge is 2.42. The second-order valence-corrected chi connectivity index (χ2v) is 8.46. The first-order chi connectivity index (χ1) is 13.8. The average Bonchev–Trinajstić information content (AvgIpc) is 2.69. The van der Waals surface area contributed by atoms with E-state index in [0.717, 1.165) is 0 Å². The van der Waals surface area contributed by atoms with Crippen molar-refractivity contribution in [1.29, 1.82) is 0 Å². The van der Waals surface area contributed by atoms with Gasteiger partial charge in [-0.05, 0) is 24.3 Å². The van der Waals surface area contributed by atoms with Gasteiger partial charge in [-0.2, -0.15) is 0 Å². The van der Waals surface area contributed by atoms with Gasteiger partial charge in [0.25, 0.3) is 0 Å². The molecule has 0 aliphatic heterocycles. The SMILES string of the molecule is O=C(O)C(CCOc1ccccc1)S(=O)(=O)C(CCOc1ccccc1)C(=O)O. The standard InChI is InChI=1S/C20H22O8S/c21-19(22)17(11-13-27-15-7-3-1-4-8-15)29(25,26)18(20(23)24)12-14-28-16-9-5-2-6-10-16/h1-10,17-18H,11-14H2,(H,21,22)(H,23,24). The molecule has 0 amide bonds. The lowest BCUT2D eigenvalue weighted by Gasteiger charge is -2.19. The molecule has 0 aliphatic rings. The van der Waals surface area contributed by atoms with E-state index in [1.54, 1.807) is 60.7 Å². The summed E-state index contributed by atoms with van der Waals surface area (Å²) < 4.78 is 36.2. The predicted molar refractivity (Wildman–Crippen MR) is 105 cm³/mol. The number of sulfone groups is 1. The summed E-state index contributed by atoms with van der Waals surface area (Å²) >= 11 is 0. The van der Waals surface area contributed by atoms with Crippen molar-refractivity contribution in [2.75, 3.05) is 13.2 Å². The van der Waals surface area contributed by atoms with E-state index >= 15 is 0 Å². The normalized spacial score (nSPS) is 13.2. The van der Waals surface area contributed by atoms with Crippen LogP contribution in [0.2, 0.25) is 0 Å². The van der Waals surface area contributed by atoms with Gasteiger partial charge in [-0.3, -0.25) is 9.59 Å². The number of hydrogen-bond acceptors (Lipinski definition) is 6. The maximum Gasteiger partial charge on any atom is 0.322 e. The number of benzene rings is 2. The van der Waals surface area contributed by atoms with Gasteiger partial charge in [0.1, 0.15) is 11.5 Å². The van der Waals surface area contributed by atoms with Crippen molar-refractivity contribution >= 4 is 21.8 Å². The zero-order valence-corrected chi connectivity index (χ0v) is 16.3. The topological polar surface area (TPSA) is 127 Å². The van der Waals surface area contributed by atoms with Crippen molar-refractivity contribution in [2.45, 2.75) is 23.3 Å².